The first-order valence-corrected chi connectivity index (χ1v) is 7.50. The summed E-state index contributed by atoms with van der Waals surface area (Å²) in [5.74, 6) is -0.791. The lowest BCUT2D eigenvalue weighted by Crippen LogP contribution is -2.20. The van der Waals surface area contributed by atoms with Crippen molar-refractivity contribution in [2.45, 2.75) is 20.3 Å². The van der Waals surface area contributed by atoms with Gasteiger partial charge >= 0.3 is 0 Å². The van der Waals surface area contributed by atoms with E-state index in [1.165, 1.54) is 0 Å². The molecule has 118 valence electrons. The Labute approximate surface area is 134 Å². The van der Waals surface area contributed by atoms with Crippen LogP contribution in [0.5, 0.6) is 0 Å². The molecule has 0 aromatic carbocycles. The molecule has 1 saturated carbocycles. The summed E-state index contributed by atoms with van der Waals surface area (Å²) in [4.78, 5) is 32.5. The fourth-order valence-corrected chi connectivity index (χ4v) is 2.49. The van der Waals surface area contributed by atoms with E-state index in [4.69, 9.17) is 0 Å². The number of aryl methyl sites for hydroxylation is 2. The number of nitrogens with one attached hydrogen (secondary N) is 2. The molecule has 0 unspecified atom stereocenters. The Bertz CT molecular complexity index is 696. The van der Waals surface area contributed by atoms with Gasteiger partial charge in [0.05, 0.1) is 11.8 Å². The molecule has 0 radical (unpaired) electrons. The molecule has 2 atom stereocenters. The third-order valence-electron chi connectivity index (χ3n) is 3.79. The van der Waals surface area contributed by atoms with E-state index in [-0.39, 0.29) is 23.7 Å². The van der Waals surface area contributed by atoms with Gasteiger partial charge in [-0.05, 0) is 44.5 Å². The minimum atomic E-state index is -0.272. The summed E-state index contributed by atoms with van der Waals surface area (Å²) in [6, 6.07) is 7.08. The molecule has 1 aliphatic rings. The molecule has 23 heavy (non-hydrogen) atoms. The summed E-state index contributed by atoms with van der Waals surface area (Å²) in [6.45, 7) is 3.72. The van der Waals surface area contributed by atoms with Gasteiger partial charge in [0.2, 0.25) is 11.8 Å². The van der Waals surface area contributed by atoms with Gasteiger partial charge in [0.25, 0.3) is 0 Å². The maximum Gasteiger partial charge on any atom is 0.228 e. The average molecular weight is 310 g/mol. The van der Waals surface area contributed by atoms with Gasteiger partial charge < -0.3 is 10.6 Å². The van der Waals surface area contributed by atoms with E-state index in [0.29, 0.717) is 17.8 Å². The summed E-state index contributed by atoms with van der Waals surface area (Å²) in [5, 5.41) is 5.67. The molecule has 0 bridgehead atoms. The van der Waals surface area contributed by atoms with Crippen molar-refractivity contribution < 1.29 is 9.59 Å². The molecule has 3 rings (SSSR count). The van der Waals surface area contributed by atoms with Gasteiger partial charge in [0, 0.05) is 35.2 Å². The second-order valence-electron chi connectivity index (χ2n) is 5.80. The zero-order valence-corrected chi connectivity index (χ0v) is 13.0. The molecule has 0 aliphatic heterocycles. The molecule has 0 saturated heterocycles. The fourth-order valence-electron chi connectivity index (χ4n) is 2.49. The predicted octanol–water partition coefficient (Wildman–Crippen LogP) is 2.31. The zero-order chi connectivity index (χ0) is 16.4. The van der Waals surface area contributed by atoms with Crippen LogP contribution in [0.15, 0.2) is 36.7 Å². The Morgan fingerprint density at radius 2 is 1.35 bits per heavy atom. The highest BCUT2D eigenvalue weighted by atomic mass is 16.2. The normalized spacial score (nSPS) is 19.0. The molecule has 6 heteroatoms. The Morgan fingerprint density at radius 3 is 1.74 bits per heavy atom. The van der Waals surface area contributed by atoms with Crippen LogP contribution < -0.4 is 10.6 Å². The molecule has 2 aromatic heterocycles. The number of pyridine rings is 2. The summed E-state index contributed by atoms with van der Waals surface area (Å²) < 4.78 is 0. The number of nitrogens with zero attached hydrogens (tertiary/aromatic N) is 2. The maximum absolute atomic E-state index is 12.2. The van der Waals surface area contributed by atoms with Crippen molar-refractivity contribution in [2.75, 3.05) is 10.6 Å². The summed E-state index contributed by atoms with van der Waals surface area (Å²) in [7, 11) is 0. The zero-order valence-electron chi connectivity index (χ0n) is 13.0. The summed E-state index contributed by atoms with van der Waals surface area (Å²) >= 11 is 0. The van der Waals surface area contributed by atoms with Crippen molar-refractivity contribution >= 4 is 23.2 Å². The van der Waals surface area contributed by atoms with Gasteiger partial charge in [-0.1, -0.05) is 0 Å². The highest BCUT2D eigenvalue weighted by Gasteiger charge is 2.48. The summed E-state index contributed by atoms with van der Waals surface area (Å²) in [5.41, 5.74) is 3.08. The first kappa shape index (κ1) is 15.1. The van der Waals surface area contributed by atoms with Crippen LogP contribution in [0.3, 0.4) is 0 Å². The van der Waals surface area contributed by atoms with Crippen LogP contribution in [0.1, 0.15) is 17.8 Å². The van der Waals surface area contributed by atoms with E-state index in [9.17, 15) is 9.59 Å². The topological polar surface area (TPSA) is 84.0 Å². The Hall–Kier alpha value is -2.76. The number of carbonyl (C=O) groups is 2. The van der Waals surface area contributed by atoms with Gasteiger partial charge in [-0.3, -0.25) is 19.6 Å². The fraction of sp³-hybridized carbons (Fsp3) is 0.294. The third kappa shape index (κ3) is 3.71. The molecule has 2 amide bonds. The van der Waals surface area contributed by atoms with Gasteiger partial charge in [-0.2, -0.15) is 0 Å². The van der Waals surface area contributed by atoms with Crippen LogP contribution >= 0.6 is 0 Å². The second-order valence-corrected chi connectivity index (χ2v) is 5.80. The van der Waals surface area contributed by atoms with Gasteiger partial charge in [-0.25, -0.2) is 0 Å². The highest BCUT2D eigenvalue weighted by Crippen LogP contribution is 2.40. The van der Waals surface area contributed by atoms with Crippen molar-refractivity contribution in [2.24, 2.45) is 11.8 Å². The van der Waals surface area contributed by atoms with Crippen LogP contribution in [-0.4, -0.2) is 21.8 Å². The lowest BCUT2D eigenvalue weighted by atomic mass is 10.2. The van der Waals surface area contributed by atoms with Crippen LogP contribution in [0.2, 0.25) is 0 Å². The van der Waals surface area contributed by atoms with E-state index >= 15 is 0 Å². The van der Waals surface area contributed by atoms with Crippen LogP contribution in [0.4, 0.5) is 11.4 Å². The van der Waals surface area contributed by atoms with Crippen molar-refractivity contribution in [3.05, 3.63) is 48.0 Å². The van der Waals surface area contributed by atoms with Gasteiger partial charge in [0.15, 0.2) is 0 Å². The molecule has 2 aromatic rings. The van der Waals surface area contributed by atoms with Crippen molar-refractivity contribution in [3.8, 4) is 0 Å². The van der Waals surface area contributed by atoms with E-state index in [2.05, 4.69) is 20.6 Å². The molecule has 2 heterocycles. The van der Waals surface area contributed by atoms with E-state index in [1.54, 1.807) is 36.7 Å². The quantitative estimate of drug-likeness (QED) is 0.907. The highest BCUT2D eigenvalue weighted by molar-refractivity contribution is 6.03. The van der Waals surface area contributed by atoms with Gasteiger partial charge in [-0.15, -0.1) is 0 Å². The first-order chi connectivity index (χ1) is 11.0. The van der Waals surface area contributed by atoms with E-state index in [1.807, 2.05) is 13.8 Å². The molecule has 2 N–H and O–H groups in total. The second kappa shape index (κ2) is 6.16. The van der Waals surface area contributed by atoms with Crippen LogP contribution in [-0.2, 0) is 9.59 Å². The number of carbonyl (C=O) groups excluding carboxylic acids is 2. The SMILES string of the molecule is Cc1cc(NC(=O)[C@@H]2C[C@H]2C(=O)Nc2ccnc(C)c2)ccn1. The predicted molar refractivity (Wildman–Crippen MR) is 86.8 cm³/mol. The molecule has 6 nitrogen and oxygen atoms in total. The number of hydrogen-bond donors (Lipinski definition) is 2. The van der Waals surface area contributed by atoms with E-state index < -0.39 is 0 Å². The van der Waals surface area contributed by atoms with Crippen molar-refractivity contribution in [1.82, 2.24) is 9.97 Å². The number of amides is 2. The van der Waals surface area contributed by atoms with E-state index in [0.717, 1.165) is 11.4 Å². The maximum atomic E-state index is 12.2. The molecule has 1 fully saturated rings. The third-order valence-corrected chi connectivity index (χ3v) is 3.79. The molecular formula is C17H18N4O2. The Kier molecular flexibility index (Phi) is 4.06. The lowest BCUT2D eigenvalue weighted by molar-refractivity contribution is -0.122. The van der Waals surface area contributed by atoms with Crippen molar-refractivity contribution in [3.63, 3.8) is 0 Å². The molecule has 0 spiro atoms. The smallest absolute Gasteiger partial charge is 0.228 e. The number of aromatic nitrogens is 2. The number of anilines is 2. The average Bonchev–Trinajstić information content (AvgIpc) is 3.28. The monoisotopic (exact) mass is 310 g/mol. The van der Waals surface area contributed by atoms with Crippen LogP contribution in [0.25, 0.3) is 0 Å². The lowest BCUT2D eigenvalue weighted by Gasteiger charge is -2.07. The Balaban J connectivity index is 1.56. The first-order valence-electron chi connectivity index (χ1n) is 7.50. The largest absolute Gasteiger partial charge is 0.326 e. The number of hydrogen-bond acceptors (Lipinski definition) is 4. The molecule has 1 aliphatic carbocycles. The minimum absolute atomic E-state index is 0.123. The standard InChI is InChI=1S/C17H18N4O2/c1-10-7-12(3-5-18-10)20-16(22)14-9-15(14)17(23)21-13-4-6-19-11(2)8-13/h3-8,14-15H,9H2,1-2H3,(H,18,20,22)(H,19,21,23)/t14-,15-/m1/s1. The summed E-state index contributed by atoms with van der Waals surface area (Å²) in [6.07, 6.45) is 3.87. The van der Waals surface area contributed by atoms with Crippen LogP contribution in [0, 0.1) is 25.7 Å². The van der Waals surface area contributed by atoms with Gasteiger partial charge in [0.1, 0.15) is 0 Å². The van der Waals surface area contributed by atoms with Crippen molar-refractivity contribution in [1.29, 1.82) is 0 Å². The molecular weight excluding hydrogens is 292 g/mol. The number of rotatable bonds is 4. The minimum Gasteiger partial charge on any atom is -0.326 e. The Morgan fingerprint density at radius 1 is 0.913 bits per heavy atom.